The number of likely N-dealkylation sites (tertiary alicyclic amines) is 1. The molecule has 6 heteroatoms. The molecule has 0 bridgehead atoms. The number of aliphatic hydroxyl groups excluding tert-OH is 1. The van der Waals surface area contributed by atoms with Crippen molar-refractivity contribution in [3.05, 3.63) is 52.5 Å². The van der Waals surface area contributed by atoms with Crippen molar-refractivity contribution in [1.82, 2.24) is 15.2 Å². The first-order valence-corrected chi connectivity index (χ1v) is 10.3. The summed E-state index contributed by atoms with van der Waals surface area (Å²) in [6, 6.07) is 10.5. The van der Waals surface area contributed by atoms with Crippen LogP contribution in [0, 0.1) is 5.92 Å². The molecule has 1 amide bonds. The summed E-state index contributed by atoms with van der Waals surface area (Å²) in [6.45, 7) is 1.52. The maximum Gasteiger partial charge on any atom is 0.272 e. The highest BCUT2D eigenvalue weighted by atomic mass is 32.1. The zero-order valence-corrected chi connectivity index (χ0v) is 15.6. The molecule has 0 spiro atoms. The van der Waals surface area contributed by atoms with Gasteiger partial charge in [-0.1, -0.05) is 12.1 Å². The van der Waals surface area contributed by atoms with E-state index in [-0.39, 0.29) is 12.0 Å². The Balaban J connectivity index is 1.34. The van der Waals surface area contributed by atoms with Gasteiger partial charge >= 0.3 is 0 Å². The van der Waals surface area contributed by atoms with Crippen LogP contribution in [0.1, 0.15) is 47.1 Å². The number of carbonyl (C=O) groups is 1. The Morgan fingerprint density at radius 3 is 2.65 bits per heavy atom. The van der Waals surface area contributed by atoms with Gasteiger partial charge in [-0.15, -0.1) is 11.3 Å². The van der Waals surface area contributed by atoms with Crippen LogP contribution in [0.3, 0.4) is 0 Å². The van der Waals surface area contributed by atoms with Gasteiger partial charge in [0, 0.05) is 36.2 Å². The van der Waals surface area contributed by atoms with Crippen LogP contribution in [0.2, 0.25) is 0 Å². The Bertz CT molecular complexity index is 708. The summed E-state index contributed by atoms with van der Waals surface area (Å²) in [5.41, 5.74) is 0.527. The maximum absolute atomic E-state index is 12.5. The van der Waals surface area contributed by atoms with Crippen LogP contribution in [0.15, 0.2) is 41.9 Å². The topological polar surface area (TPSA) is 65.5 Å². The van der Waals surface area contributed by atoms with E-state index in [1.807, 2.05) is 17.0 Å². The smallest absolute Gasteiger partial charge is 0.272 e. The fourth-order valence-electron chi connectivity index (χ4n) is 3.98. The van der Waals surface area contributed by atoms with Crippen molar-refractivity contribution in [2.45, 2.75) is 43.9 Å². The van der Waals surface area contributed by atoms with E-state index in [2.05, 4.69) is 27.8 Å². The number of aliphatic hydroxyl groups is 1. The molecule has 2 aliphatic rings. The molecule has 2 aromatic rings. The van der Waals surface area contributed by atoms with Crippen molar-refractivity contribution in [3.63, 3.8) is 0 Å². The van der Waals surface area contributed by atoms with Crippen LogP contribution in [0.25, 0.3) is 0 Å². The van der Waals surface area contributed by atoms with Gasteiger partial charge in [-0.2, -0.15) is 0 Å². The molecule has 1 aliphatic heterocycles. The number of amides is 1. The van der Waals surface area contributed by atoms with Crippen molar-refractivity contribution < 1.29 is 9.90 Å². The maximum atomic E-state index is 12.5. The molecule has 1 atom stereocenters. The summed E-state index contributed by atoms with van der Waals surface area (Å²) in [5, 5.41) is 15.6. The summed E-state index contributed by atoms with van der Waals surface area (Å²) < 4.78 is 0. The normalized spacial score (nSPS) is 24.9. The van der Waals surface area contributed by atoms with Crippen molar-refractivity contribution in [3.8, 4) is 0 Å². The summed E-state index contributed by atoms with van der Waals surface area (Å²) in [7, 11) is 0. The lowest BCUT2D eigenvalue weighted by Crippen LogP contribution is -2.48. The lowest BCUT2D eigenvalue weighted by atomic mass is 9.76. The summed E-state index contributed by atoms with van der Waals surface area (Å²) >= 11 is 1.78. The molecule has 4 rings (SSSR count). The van der Waals surface area contributed by atoms with Gasteiger partial charge in [0.25, 0.3) is 5.91 Å². The Morgan fingerprint density at radius 2 is 2.04 bits per heavy atom. The van der Waals surface area contributed by atoms with Crippen LogP contribution in [0.4, 0.5) is 0 Å². The van der Waals surface area contributed by atoms with Crippen LogP contribution in [-0.2, 0) is 0 Å². The molecule has 1 unspecified atom stereocenters. The number of nitrogens with zero attached hydrogens (tertiary/aromatic N) is 2. The molecule has 5 nitrogen and oxygen atoms in total. The number of thiophene rings is 1. The third kappa shape index (κ3) is 3.82. The second kappa shape index (κ2) is 7.86. The first-order chi connectivity index (χ1) is 12.7. The van der Waals surface area contributed by atoms with E-state index in [9.17, 15) is 9.90 Å². The SMILES string of the molecule is O=C(c1ccccn1)N1CCC(NC(c2cccs2)C2CC(O)C2)CC1. The number of hydrogen-bond acceptors (Lipinski definition) is 5. The molecule has 3 heterocycles. The average Bonchev–Trinajstić information content (AvgIpc) is 3.19. The second-order valence-electron chi connectivity index (χ2n) is 7.33. The number of hydrogen-bond donors (Lipinski definition) is 2. The molecule has 138 valence electrons. The van der Waals surface area contributed by atoms with Gasteiger partial charge in [0.2, 0.25) is 0 Å². The number of rotatable bonds is 5. The molecule has 1 aliphatic carbocycles. The third-order valence-electron chi connectivity index (χ3n) is 5.55. The highest BCUT2D eigenvalue weighted by Gasteiger charge is 2.37. The fraction of sp³-hybridized carbons (Fsp3) is 0.500. The van der Waals surface area contributed by atoms with E-state index in [1.54, 1.807) is 23.6 Å². The van der Waals surface area contributed by atoms with Gasteiger partial charge < -0.3 is 15.3 Å². The molecular weight excluding hydrogens is 346 g/mol. The van der Waals surface area contributed by atoms with Crippen LogP contribution in [-0.4, -0.2) is 46.1 Å². The number of nitrogens with one attached hydrogen (secondary N) is 1. The molecule has 1 saturated carbocycles. The average molecular weight is 372 g/mol. The molecule has 2 fully saturated rings. The van der Waals surface area contributed by atoms with E-state index < -0.39 is 0 Å². The van der Waals surface area contributed by atoms with Crippen molar-refractivity contribution in [2.24, 2.45) is 5.92 Å². The van der Waals surface area contributed by atoms with Crippen LogP contribution >= 0.6 is 11.3 Å². The highest BCUT2D eigenvalue weighted by molar-refractivity contribution is 7.10. The van der Waals surface area contributed by atoms with Gasteiger partial charge in [-0.3, -0.25) is 9.78 Å². The lowest BCUT2D eigenvalue weighted by molar-refractivity contribution is 0.0202. The molecule has 2 N–H and O–H groups in total. The lowest BCUT2D eigenvalue weighted by Gasteiger charge is -2.41. The van der Waals surface area contributed by atoms with E-state index in [1.165, 1.54) is 4.88 Å². The van der Waals surface area contributed by atoms with E-state index in [4.69, 9.17) is 0 Å². The number of carbonyl (C=O) groups excluding carboxylic acids is 1. The summed E-state index contributed by atoms with van der Waals surface area (Å²) in [5.74, 6) is 0.540. The fourth-order valence-corrected chi connectivity index (χ4v) is 4.85. The Labute approximate surface area is 158 Å². The third-order valence-corrected chi connectivity index (χ3v) is 6.51. The first-order valence-electron chi connectivity index (χ1n) is 9.38. The highest BCUT2D eigenvalue weighted by Crippen LogP contribution is 2.40. The quantitative estimate of drug-likeness (QED) is 0.848. The predicted molar refractivity (Wildman–Crippen MR) is 102 cm³/mol. The monoisotopic (exact) mass is 371 g/mol. The minimum absolute atomic E-state index is 0.0287. The van der Waals surface area contributed by atoms with Crippen LogP contribution < -0.4 is 5.32 Å². The predicted octanol–water partition coefficient (Wildman–Crippen LogP) is 2.85. The van der Waals surface area contributed by atoms with Crippen LogP contribution in [0.5, 0.6) is 0 Å². The van der Waals surface area contributed by atoms with Crippen molar-refractivity contribution >= 4 is 17.2 Å². The minimum Gasteiger partial charge on any atom is -0.393 e. The zero-order chi connectivity index (χ0) is 17.9. The second-order valence-corrected chi connectivity index (χ2v) is 8.31. The van der Waals surface area contributed by atoms with E-state index in [0.29, 0.717) is 23.7 Å². The van der Waals surface area contributed by atoms with Gasteiger partial charge in [0.15, 0.2) is 0 Å². The van der Waals surface area contributed by atoms with E-state index >= 15 is 0 Å². The molecule has 0 aromatic carbocycles. The van der Waals surface area contributed by atoms with Gasteiger partial charge in [0.05, 0.1) is 6.10 Å². The number of pyridine rings is 1. The first kappa shape index (κ1) is 17.6. The van der Waals surface area contributed by atoms with Crippen molar-refractivity contribution in [2.75, 3.05) is 13.1 Å². The molecule has 2 aromatic heterocycles. The van der Waals surface area contributed by atoms with Gasteiger partial charge in [0.1, 0.15) is 5.69 Å². The summed E-state index contributed by atoms with van der Waals surface area (Å²) in [4.78, 5) is 20.0. The van der Waals surface area contributed by atoms with Gasteiger partial charge in [-0.25, -0.2) is 0 Å². The zero-order valence-electron chi connectivity index (χ0n) is 14.8. The molecule has 0 radical (unpaired) electrons. The molecule has 26 heavy (non-hydrogen) atoms. The standard InChI is InChI=1S/C20H25N3O2S/c24-16-12-14(13-16)19(18-5-3-11-26-18)22-15-6-9-23(10-7-15)20(25)17-4-1-2-8-21-17/h1-5,8,11,14-16,19,22,24H,6-7,9-10,12-13H2. The van der Waals surface area contributed by atoms with E-state index in [0.717, 1.165) is 38.8 Å². The summed E-state index contributed by atoms with van der Waals surface area (Å²) in [6.07, 6.45) is 5.20. The largest absolute Gasteiger partial charge is 0.393 e. The molecular formula is C20H25N3O2S. The molecule has 1 saturated heterocycles. The van der Waals surface area contributed by atoms with Crippen molar-refractivity contribution in [1.29, 1.82) is 0 Å². The van der Waals surface area contributed by atoms with Gasteiger partial charge in [-0.05, 0) is 55.2 Å². The Kier molecular flexibility index (Phi) is 5.33. The number of piperidine rings is 1. The number of aromatic nitrogens is 1. The Morgan fingerprint density at radius 1 is 1.23 bits per heavy atom. The Hall–Kier alpha value is -1.76. The minimum atomic E-state index is -0.137.